The number of pyridine rings is 1. The minimum atomic E-state index is -4.50. The van der Waals surface area contributed by atoms with Crippen LogP contribution in [0.1, 0.15) is 11.3 Å². The molecule has 5 nitrogen and oxygen atoms in total. The second kappa shape index (κ2) is 7.20. The molecule has 0 aliphatic carbocycles. The van der Waals surface area contributed by atoms with Crippen LogP contribution >= 0.6 is 0 Å². The van der Waals surface area contributed by atoms with Crippen molar-refractivity contribution in [3.05, 3.63) is 66.2 Å². The summed E-state index contributed by atoms with van der Waals surface area (Å²) in [5, 5.41) is 0. The van der Waals surface area contributed by atoms with Crippen molar-refractivity contribution in [1.29, 1.82) is 0 Å². The van der Waals surface area contributed by atoms with Crippen molar-refractivity contribution >= 4 is 10.7 Å². The Hall–Kier alpha value is -2.81. The fourth-order valence-electron chi connectivity index (χ4n) is 2.29. The Kier molecular flexibility index (Phi) is 4.99. The van der Waals surface area contributed by atoms with Crippen molar-refractivity contribution in [2.24, 2.45) is 0 Å². The molecule has 9 heteroatoms. The van der Waals surface area contributed by atoms with Crippen molar-refractivity contribution < 1.29 is 21.6 Å². The van der Waals surface area contributed by atoms with Gasteiger partial charge in [0.2, 0.25) is 0 Å². The normalized spacial score (nSPS) is 11.7. The Morgan fingerprint density at radius 2 is 1.46 bits per heavy atom. The van der Waals surface area contributed by atoms with E-state index in [0.717, 1.165) is 12.3 Å². The Labute approximate surface area is 148 Å². The van der Waals surface area contributed by atoms with Crippen molar-refractivity contribution in [2.75, 3.05) is 0 Å². The highest BCUT2D eigenvalue weighted by Crippen LogP contribution is 2.29. The molecule has 3 aromatic rings. The summed E-state index contributed by atoms with van der Waals surface area (Å²) in [4.78, 5) is 11.9. The van der Waals surface area contributed by atoms with Gasteiger partial charge in [-0.15, -0.1) is 0 Å². The van der Waals surface area contributed by atoms with Crippen molar-refractivity contribution in [1.82, 2.24) is 15.0 Å². The average molecular weight is 379 g/mol. The fraction of sp³-hybridized carbons (Fsp3) is 0.118. The van der Waals surface area contributed by atoms with E-state index < -0.39 is 22.6 Å². The first-order valence-electron chi connectivity index (χ1n) is 7.40. The number of hydrogen-bond acceptors (Lipinski definition) is 5. The molecular formula is C17H12F3N3O2S. The summed E-state index contributed by atoms with van der Waals surface area (Å²) in [6.45, 7) is 0. The standard InChI is InChI=1S/C17H12F3N3O2S/c18-17(19,20)16-6-5-13(7-22-16)15-9-21-8-14(23-15)12-3-1-11(2-4-12)10-26(24)25/h1-9,26H,10H2. The molecule has 2 heterocycles. The maximum atomic E-state index is 12.6. The molecule has 0 radical (unpaired) electrons. The molecule has 3 rings (SSSR count). The van der Waals surface area contributed by atoms with E-state index >= 15 is 0 Å². The molecule has 134 valence electrons. The number of nitrogens with zero attached hydrogens (tertiary/aromatic N) is 3. The van der Waals surface area contributed by atoms with Crippen LogP contribution in [0.2, 0.25) is 0 Å². The van der Waals surface area contributed by atoms with Crippen LogP contribution in [0.15, 0.2) is 55.0 Å². The summed E-state index contributed by atoms with van der Waals surface area (Å²) in [6, 6.07) is 8.96. The van der Waals surface area contributed by atoms with Gasteiger partial charge in [-0.05, 0) is 17.7 Å². The first-order valence-corrected chi connectivity index (χ1v) is 8.76. The smallest absolute Gasteiger partial charge is 0.260 e. The quantitative estimate of drug-likeness (QED) is 0.704. The monoisotopic (exact) mass is 379 g/mol. The zero-order valence-electron chi connectivity index (χ0n) is 13.1. The minimum absolute atomic E-state index is 0.0431. The third-order valence-corrected chi connectivity index (χ3v) is 4.17. The van der Waals surface area contributed by atoms with E-state index in [2.05, 4.69) is 15.0 Å². The number of hydrogen-bond donors (Lipinski definition) is 1. The molecule has 0 spiro atoms. The zero-order valence-corrected chi connectivity index (χ0v) is 14.0. The van der Waals surface area contributed by atoms with E-state index in [9.17, 15) is 21.6 Å². The number of alkyl halides is 3. The molecule has 0 unspecified atom stereocenters. The van der Waals surface area contributed by atoms with Crippen LogP contribution < -0.4 is 0 Å². The fourth-order valence-corrected chi connectivity index (χ4v) is 2.80. The first-order chi connectivity index (χ1) is 12.3. The van der Waals surface area contributed by atoms with E-state index in [1.807, 2.05) is 0 Å². The third kappa shape index (κ3) is 4.23. The highest BCUT2D eigenvalue weighted by molar-refractivity contribution is 7.71. The highest BCUT2D eigenvalue weighted by atomic mass is 32.2. The van der Waals surface area contributed by atoms with Gasteiger partial charge in [0.05, 0.1) is 29.5 Å². The highest BCUT2D eigenvalue weighted by Gasteiger charge is 2.32. The van der Waals surface area contributed by atoms with E-state index in [4.69, 9.17) is 0 Å². The van der Waals surface area contributed by atoms with Crippen molar-refractivity contribution in [3.63, 3.8) is 0 Å². The summed E-state index contributed by atoms with van der Waals surface area (Å²) in [7, 11) is -2.50. The van der Waals surface area contributed by atoms with Gasteiger partial charge in [-0.1, -0.05) is 24.3 Å². The van der Waals surface area contributed by atoms with Crippen LogP contribution in [0.25, 0.3) is 22.5 Å². The Morgan fingerprint density at radius 3 is 2.00 bits per heavy atom. The minimum Gasteiger partial charge on any atom is -0.260 e. The Morgan fingerprint density at radius 1 is 0.846 bits per heavy atom. The first kappa shape index (κ1) is 18.0. The number of halogens is 3. The molecule has 0 N–H and O–H groups in total. The number of rotatable bonds is 4. The third-order valence-electron chi connectivity index (χ3n) is 3.55. The molecule has 26 heavy (non-hydrogen) atoms. The lowest BCUT2D eigenvalue weighted by molar-refractivity contribution is -0.141. The second-order valence-corrected chi connectivity index (χ2v) is 6.39. The van der Waals surface area contributed by atoms with Crippen LogP contribution in [0, 0.1) is 0 Å². The van der Waals surface area contributed by atoms with Gasteiger partial charge in [-0.25, -0.2) is 13.4 Å². The SMILES string of the molecule is O=[SH](=O)Cc1ccc(-c2cncc(-c3ccc(C(F)(F)F)nc3)n2)cc1. The van der Waals surface area contributed by atoms with Crippen LogP contribution in [0.4, 0.5) is 13.2 Å². The van der Waals surface area contributed by atoms with E-state index in [1.165, 1.54) is 18.5 Å². The van der Waals surface area contributed by atoms with Crippen LogP contribution in [-0.4, -0.2) is 23.4 Å². The van der Waals surface area contributed by atoms with Gasteiger partial charge in [0.1, 0.15) is 16.4 Å². The van der Waals surface area contributed by atoms with Gasteiger partial charge in [0.25, 0.3) is 0 Å². The van der Waals surface area contributed by atoms with E-state index in [1.54, 1.807) is 24.3 Å². The molecule has 1 aromatic carbocycles. The van der Waals surface area contributed by atoms with Gasteiger partial charge in [0, 0.05) is 17.3 Å². The lowest BCUT2D eigenvalue weighted by atomic mass is 10.1. The molecule has 0 saturated carbocycles. The number of aromatic nitrogens is 3. The van der Waals surface area contributed by atoms with Crippen molar-refractivity contribution in [2.45, 2.75) is 11.9 Å². The predicted octanol–water partition coefficient (Wildman–Crippen LogP) is 3.34. The topological polar surface area (TPSA) is 72.8 Å². The van der Waals surface area contributed by atoms with Gasteiger partial charge < -0.3 is 0 Å². The maximum absolute atomic E-state index is 12.6. The summed E-state index contributed by atoms with van der Waals surface area (Å²) in [5.41, 5.74) is 1.70. The zero-order chi connectivity index (χ0) is 18.7. The van der Waals surface area contributed by atoms with Crippen molar-refractivity contribution in [3.8, 4) is 22.5 Å². The lowest BCUT2D eigenvalue weighted by Crippen LogP contribution is -2.07. The molecule has 0 saturated heterocycles. The van der Waals surface area contributed by atoms with E-state index in [-0.39, 0.29) is 5.75 Å². The van der Waals surface area contributed by atoms with Crippen LogP contribution in [0.3, 0.4) is 0 Å². The molecule has 0 amide bonds. The van der Waals surface area contributed by atoms with Gasteiger partial charge in [0.15, 0.2) is 0 Å². The van der Waals surface area contributed by atoms with Gasteiger partial charge >= 0.3 is 6.18 Å². The van der Waals surface area contributed by atoms with Crippen LogP contribution in [0.5, 0.6) is 0 Å². The summed E-state index contributed by atoms with van der Waals surface area (Å²) >= 11 is 0. The van der Waals surface area contributed by atoms with Gasteiger partial charge in [-0.3, -0.25) is 9.97 Å². The maximum Gasteiger partial charge on any atom is 0.433 e. The number of thiol groups is 1. The van der Waals surface area contributed by atoms with E-state index in [0.29, 0.717) is 28.1 Å². The summed E-state index contributed by atoms with van der Waals surface area (Å²) in [6.07, 6.45) is -0.443. The van der Waals surface area contributed by atoms with Gasteiger partial charge in [-0.2, -0.15) is 13.2 Å². The molecule has 2 aromatic heterocycles. The molecule has 0 aliphatic heterocycles. The summed E-state index contributed by atoms with van der Waals surface area (Å²) < 4.78 is 59.3. The summed E-state index contributed by atoms with van der Waals surface area (Å²) in [5.74, 6) is -0.0431. The molecule has 0 aliphatic rings. The molecular weight excluding hydrogens is 367 g/mol. The average Bonchev–Trinajstić information content (AvgIpc) is 2.61. The molecule has 0 atom stereocenters. The molecule has 0 bridgehead atoms. The molecule has 0 fully saturated rings. The lowest BCUT2D eigenvalue weighted by Gasteiger charge is -2.07. The predicted molar refractivity (Wildman–Crippen MR) is 89.7 cm³/mol. The Balaban J connectivity index is 1.88. The second-order valence-electron chi connectivity index (χ2n) is 5.41. The van der Waals surface area contributed by atoms with Crippen LogP contribution in [-0.2, 0) is 22.6 Å². The largest absolute Gasteiger partial charge is 0.433 e. The Bertz CT molecular complexity index is 977. The number of benzene rings is 1.